The molecule has 1 unspecified atom stereocenters. The van der Waals surface area contributed by atoms with Crippen molar-refractivity contribution in [2.24, 2.45) is 0 Å². The third-order valence-electron chi connectivity index (χ3n) is 2.23. The van der Waals surface area contributed by atoms with Crippen molar-refractivity contribution in [3.05, 3.63) is 29.8 Å². The van der Waals surface area contributed by atoms with Crippen LogP contribution < -0.4 is 9.46 Å². The third kappa shape index (κ3) is 4.72. The second-order valence-electron chi connectivity index (χ2n) is 3.82. The molecule has 1 aromatic carbocycles. The Balaban J connectivity index is 3.04. The smallest absolute Gasteiger partial charge is 0.305 e. The maximum Gasteiger partial charge on any atom is 0.305 e. The number of nitrogens with one attached hydrogen (secondary N) is 1. The maximum absolute atomic E-state index is 11.2. The van der Waals surface area contributed by atoms with E-state index in [1.54, 1.807) is 24.3 Å². The van der Waals surface area contributed by atoms with E-state index in [0.717, 1.165) is 6.26 Å². The summed E-state index contributed by atoms with van der Waals surface area (Å²) in [6.07, 6.45) is 0.655. The van der Waals surface area contributed by atoms with E-state index >= 15 is 0 Å². The highest BCUT2D eigenvalue weighted by atomic mass is 32.2. The predicted octanol–water partition coefficient (Wildman–Crippen LogP) is 0.760. The number of carbonyl (C=O) groups is 1. The van der Waals surface area contributed by atoms with Gasteiger partial charge >= 0.3 is 5.97 Å². The molecule has 7 heteroatoms. The molecule has 0 bridgehead atoms. The van der Waals surface area contributed by atoms with Gasteiger partial charge in [-0.2, -0.15) is 0 Å². The first-order valence-electron chi connectivity index (χ1n) is 5.15. The molecule has 18 heavy (non-hydrogen) atoms. The van der Waals surface area contributed by atoms with Crippen molar-refractivity contribution >= 4 is 16.0 Å². The Morgan fingerprint density at radius 2 is 2.17 bits per heavy atom. The molecule has 1 atom stereocenters. The van der Waals surface area contributed by atoms with E-state index in [1.807, 2.05) is 0 Å². The van der Waals surface area contributed by atoms with Gasteiger partial charge in [0.05, 0.1) is 25.8 Å². The molecule has 2 N–H and O–H groups in total. The highest BCUT2D eigenvalue weighted by Crippen LogP contribution is 2.22. The van der Waals surface area contributed by atoms with Crippen molar-refractivity contribution in [1.82, 2.24) is 4.72 Å². The van der Waals surface area contributed by atoms with Crippen molar-refractivity contribution in [3.8, 4) is 5.75 Å². The first-order valence-corrected chi connectivity index (χ1v) is 7.04. The van der Waals surface area contributed by atoms with Crippen LogP contribution in [-0.2, 0) is 14.8 Å². The number of rotatable bonds is 6. The van der Waals surface area contributed by atoms with Gasteiger partial charge in [0.25, 0.3) is 0 Å². The Morgan fingerprint density at radius 3 is 2.67 bits per heavy atom. The van der Waals surface area contributed by atoms with Gasteiger partial charge in [0.15, 0.2) is 0 Å². The van der Waals surface area contributed by atoms with Crippen molar-refractivity contribution in [2.75, 3.05) is 13.4 Å². The van der Waals surface area contributed by atoms with Gasteiger partial charge in [-0.3, -0.25) is 4.79 Å². The topological polar surface area (TPSA) is 92.7 Å². The van der Waals surface area contributed by atoms with Crippen molar-refractivity contribution < 1.29 is 23.1 Å². The van der Waals surface area contributed by atoms with Crippen LogP contribution in [0.5, 0.6) is 5.75 Å². The van der Waals surface area contributed by atoms with Gasteiger partial charge in [-0.1, -0.05) is 12.1 Å². The normalized spacial score (nSPS) is 13.0. The van der Waals surface area contributed by atoms with Crippen LogP contribution in [-0.4, -0.2) is 32.9 Å². The summed E-state index contributed by atoms with van der Waals surface area (Å²) >= 11 is 0. The molecule has 0 heterocycles. The minimum atomic E-state index is -3.49. The number of benzene rings is 1. The summed E-state index contributed by atoms with van der Waals surface area (Å²) in [7, 11) is -2.01. The van der Waals surface area contributed by atoms with Gasteiger partial charge in [0, 0.05) is 0 Å². The molecule has 0 amide bonds. The number of carboxylic acids is 1. The summed E-state index contributed by atoms with van der Waals surface area (Å²) in [4.78, 5) is 10.8. The van der Waals surface area contributed by atoms with Crippen LogP contribution in [0.3, 0.4) is 0 Å². The van der Waals surface area contributed by atoms with Crippen LogP contribution in [0.25, 0.3) is 0 Å². The summed E-state index contributed by atoms with van der Waals surface area (Å²) in [6, 6.07) is 5.81. The lowest BCUT2D eigenvalue weighted by Crippen LogP contribution is -2.29. The Hall–Kier alpha value is -1.60. The molecule has 0 aromatic heterocycles. The van der Waals surface area contributed by atoms with Gasteiger partial charge < -0.3 is 9.84 Å². The molecule has 0 aliphatic carbocycles. The molecule has 1 aromatic rings. The van der Waals surface area contributed by atoms with E-state index in [4.69, 9.17) is 9.84 Å². The summed E-state index contributed by atoms with van der Waals surface area (Å²) in [6.45, 7) is 0. The quantitative estimate of drug-likeness (QED) is 0.798. The van der Waals surface area contributed by atoms with E-state index < -0.39 is 22.0 Å². The fourth-order valence-corrected chi connectivity index (χ4v) is 2.26. The van der Waals surface area contributed by atoms with Gasteiger partial charge in [0.1, 0.15) is 5.75 Å². The maximum atomic E-state index is 11.2. The van der Waals surface area contributed by atoms with E-state index in [1.165, 1.54) is 7.11 Å². The second-order valence-corrected chi connectivity index (χ2v) is 5.60. The molecule has 0 aliphatic heterocycles. The lowest BCUT2D eigenvalue weighted by molar-refractivity contribution is -0.137. The lowest BCUT2D eigenvalue weighted by atomic mass is 10.0. The van der Waals surface area contributed by atoms with Gasteiger partial charge in [0.2, 0.25) is 10.0 Å². The number of hydrogen-bond donors (Lipinski definition) is 2. The SMILES string of the molecule is COc1cccc(C(CC(=O)O)NS(C)(=O)=O)c1. The summed E-state index contributed by atoms with van der Waals surface area (Å²) in [5.41, 5.74) is 0.544. The number of methoxy groups -OCH3 is 1. The van der Waals surface area contributed by atoms with Gasteiger partial charge in [-0.15, -0.1) is 0 Å². The fraction of sp³-hybridized carbons (Fsp3) is 0.364. The Kier molecular flexibility index (Phi) is 4.69. The summed E-state index contributed by atoms with van der Waals surface area (Å²) in [5, 5.41) is 8.80. The zero-order valence-electron chi connectivity index (χ0n) is 10.1. The minimum Gasteiger partial charge on any atom is -0.497 e. The lowest BCUT2D eigenvalue weighted by Gasteiger charge is -2.16. The Labute approximate surface area is 106 Å². The zero-order valence-corrected chi connectivity index (χ0v) is 10.9. The Bertz CT molecular complexity index is 526. The van der Waals surface area contributed by atoms with Gasteiger partial charge in [-0.05, 0) is 17.7 Å². The molecule has 6 nitrogen and oxygen atoms in total. The van der Waals surface area contributed by atoms with Crippen LogP contribution in [0.4, 0.5) is 0 Å². The van der Waals surface area contributed by atoms with Crippen molar-refractivity contribution in [3.63, 3.8) is 0 Å². The van der Waals surface area contributed by atoms with E-state index in [2.05, 4.69) is 4.72 Å². The highest BCUT2D eigenvalue weighted by molar-refractivity contribution is 7.88. The second kappa shape index (κ2) is 5.83. The molecular formula is C11H15NO5S. The number of sulfonamides is 1. The predicted molar refractivity (Wildman–Crippen MR) is 66.0 cm³/mol. The number of hydrogen-bond acceptors (Lipinski definition) is 4. The first kappa shape index (κ1) is 14.5. The van der Waals surface area contributed by atoms with Crippen LogP contribution in [0, 0.1) is 0 Å². The first-order chi connectivity index (χ1) is 8.31. The molecule has 0 saturated carbocycles. The molecule has 0 aliphatic rings. The van der Waals surface area contributed by atoms with Crippen LogP contribution >= 0.6 is 0 Å². The van der Waals surface area contributed by atoms with E-state index in [0.29, 0.717) is 11.3 Å². The average Bonchev–Trinajstić information content (AvgIpc) is 2.26. The van der Waals surface area contributed by atoms with E-state index in [-0.39, 0.29) is 6.42 Å². The average molecular weight is 273 g/mol. The fourth-order valence-electron chi connectivity index (χ4n) is 1.52. The number of aliphatic carboxylic acids is 1. The third-order valence-corrected chi connectivity index (χ3v) is 2.94. The molecule has 0 saturated heterocycles. The Morgan fingerprint density at radius 1 is 1.50 bits per heavy atom. The van der Waals surface area contributed by atoms with Gasteiger partial charge in [-0.25, -0.2) is 13.1 Å². The number of ether oxygens (including phenoxy) is 1. The standard InChI is InChI=1S/C11H15NO5S/c1-17-9-5-3-4-8(6-9)10(7-11(13)14)12-18(2,15)16/h3-6,10,12H,7H2,1-2H3,(H,13,14). The summed E-state index contributed by atoms with van der Waals surface area (Å²) < 4.78 is 29.7. The summed E-state index contributed by atoms with van der Waals surface area (Å²) in [5.74, 6) is -0.544. The number of carboxylic acid groups (broad SMARTS) is 1. The molecular weight excluding hydrogens is 258 g/mol. The zero-order chi connectivity index (χ0) is 13.8. The van der Waals surface area contributed by atoms with Crippen LogP contribution in [0.1, 0.15) is 18.0 Å². The van der Waals surface area contributed by atoms with Crippen LogP contribution in [0.15, 0.2) is 24.3 Å². The molecule has 100 valence electrons. The largest absolute Gasteiger partial charge is 0.497 e. The monoisotopic (exact) mass is 273 g/mol. The molecule has 1 rings (SSSR count). The van der Waals surface area contributed by atoms with Crippen molar-refractivity contribution in [2.45, 2.75) is 12.5 Å². The molecule has 0 spiro atoms. The molecule has 0 radical (unpaired) electrons. The van der Waals surface area contributed by atoms with Crippen LogP contribution in [0.2, 0.25) is 0 Å². The minimum absolute atomic E-state index is 0.333. The van der Waals surface area contributed by atoms with Crippen molar-refractivity contribution in [1.29, 1.82) is 0 Å². The molecule has 0 fully saturated rings. The van der Waals surface area contributed by atoms with E-state index in [9.17, 15) is 13.2 Å². The highest BCUT2D eigenvalue weighted by Gasteiger charge is 2.19.